The topological polar surface area (TPSA) is 62.4 Å². The Hall–Kier alpha value is -1.26. The molecule has 0 spiro atoms. The number of anilines is 1. The molecule has 0 saturated carbocycles. The van der Waals surface area contributed by atoms with E-state index in [0.29, 0.717) is 11.0 Å². The maximum absolute atomic E-state index is 5.92. The van der Waals surface area contributed by atoms with Crippen molar-refractivity contribution in [1.29, 1.82) is 0 Å². The second kappa shape index (κ2) is 5.72. The van der Waals surface area contributed by atoms with Crippen LogP contribution in [0, 0.1) is 6.92 Å². The molecule has 0 bridgehead atoms. The monoisotopic (exact) mass is 240 g/mol. The van der Waals surface area contributed by atoms with Crippen LogP contribution >= 0.6 is 11.6 Å². The van der Waals surface area contributed by atoms with Crippen LogP contribution in [0.2, 0.25) is 5.02 Å². The Bertz CT molecular complexity index is 388. The summed E-state index contributed by atoms with van der Waals surface area (Å²) in [4.78, 5) is 4.29. The second-order valence-corrected chi connectivity index (χ2v) is 4.24. The molecule has 4 N–H and O–H groups in total. The van der Waals surface area contributed by atoms with E-state index in [0.717, 1.165) is 11.3 Å². The molecule has 0 atom stereocenters. The molecule has 0 saturated heterocycles. The largest absolute Gasteiger partial charge is 0.325 e. The lowest BCUT2D eigenvalue weighted by atomic mass is 10.2. The van der Waals surface area contributed by atoms with Crippen LogP contribution in [0.4, 0.5) is 5.69 Å². The summed E-state index contributed by atoms with van der Waals surface area (Å²) in [7, 11) is 0. The number of aryl methyl sites for hydroxylation is 1. The van der Waals surface area contributed by atoms with Crippen molar-refractivity contribution in [1.82, 2.24) is 5.43 Å². The summed E-state index contributed by atoms with van der Waals surface area (Å²) in [5.41, 5.74) is 4.50. The van der Waals surface area contributed by atoms with Crippen molar-refractivity contribution in [3.8, 4) is 0 Å². The average Bonchev–Trinajstić information content (AvgIpc) is 2.21. The maximum Gasteiger partial charge on any atom is 0.210 e. The van der Waals surface area contributed by atoms with Gasteiger partial charge in [-0.25, -0.2) is 10.8 Å². The number of nitrogens with zero attached hydrogens (tertiary/aromatic N) is 1. The van der Waals surface area contributed by atoms with Gasteiger partial charge in [-0.1, -0.05) is 17.7 Å². The summed E-state index contributed by atoms with van der Waals surface area (Å²) in [6.07, 6.45) is 0. The number of hydrogen-bond acceptors (Lipinski definition) is 2. The lowest BCUT2D eigenvalue weighted by Crippen LogP contribution is -2.37. The van der Waals surface area contributed by atoms with Crippen molar-refractivity contribution < 1.29 is 0 Å². The molecule has 0 unspecified atom stereocenters. The Morgan fingerprint density at radius 3 is 2.69 bits per heavy atom. The normalized spacial score (nSPS) is 11.8. The molecule has 1 aromatic carbocycles. The molecule has 0 aliphatic carbocycles. The second-order valence-electron chi connectivity index (χ2n) is 3.80. The summed E-state index contributed by atoms with van der Waals surface area (Å²) in [6, 6.07) is 5.79. The highest BCUT2D eigenvalue weighted by molar-refractivity contribution is 6.31. The van der Waals surface area contributed by atoms with Gasteiger partial charge in [0.15, 0.2) is 0 Å². The van der Waals surface area contributed by atoms with Crippen molar-refractivity contribution in [2.75, 3.05) is 5.32 Å². The van der Waals surface area contributed by atoms with E-state index < -0.39 is 0 Å². The Kier molecular flexibility index (Phi) is 4.58. The highest BCUT2D eigenvalue weighted by Gasteiger charge is 2.03. The third-order valence-electron chi connectivity index (χ3n) is 1.98. The molecule has 1 rings (SSSR count). The van der Waals surface area contributed by atoms with Gasteiger partial charge in [0.05, 0.1) is 0 Å². The SMILES string of the molecule is Cc1ccc(Cl)cc1NC(=NC(C)C)NN. The van der Waals surface area contributed by atoms with E-state index in [9.17, 15) is 0 Å². The quantitative estimate of drug-likeness (QED) is 0.322. The zero-order valence-electron chi connectivity index (χ0n) is 9.71. The average molecular weight is 241 g/mol. The van der Waals surface area contributed by atoms with Gasteiger partial charge in [0.2, 0.25) is 5.96 Å². The number of hydrogen-bond donors (Lipinski definition) is 3. The number of nitrogens with two attached hydrogens (primary N) is 1. The number of benzene rings is 1. The summed E-state index contributed by atoms with van der Waals surface area (Å²) in [5.74, 6) is 5.91. The van der Waals surface area contributed by atoms with Crippen LogP contribution in [-0.4, -0.2) is 12.0 Å². The molecule has 1 aromatic rings. The summed E-state index contributed by atoms with van der Waals surface area (Å²) in [5, 5.41) is 3.77. The fourth-order valence-corrected chi connectivity index (χ4v) is 1.39. The van der Waals surface area contributed by atoms with Gasteiger partial charge in [-0.15, -0.1) is 0 Å². The van der Waals surface area contributed by atoms with E-state index in [-0.39, 0.29) is 6.04 Å². The molecule has 0 aliphatic heterocycles. The minimum Gasteiger partial charge on any atom is -0.325 e. The molecule has 88 valence electrons. The Morgan fingerprint density at radius 1 is 1.44 bits per heavy atom. The van der Waals surface area contributed by atoms with Crippen LogP contribution < -0.4 is 16.6 Å². The smallest absolute Gasteiger partial charge is 0.210 e. The third-order valence-corrected chi connectivity index (χ3v) is 2.21. The summed E-state index contributed by atoms with van der Waals surface area (Å²) in [6.45, 7) is 5.94. The number of aliphatic imine (C=N–C) groups is 1. The number of rotatable bonds is 2. The van der Waals surface area contributed by atoms with Crippen LogP contribution in [-0.2, 0) is 0 Å². The molecule has 4 nitrogen and oxygen atoms in total. The molecule has 0 fully saturated rings. The minimum atomic E-state index is 0.165. The van der Waals surface area contributed by atoms with Gasteiger partial charge in [-0.3, -0.25) is 5.43 Å². The van der Waals surface area contributed by atoms with Crippen molar-refractivity contribution in [3.05, 3.63) is 28.8 Å². The first-order valence-corrected chi connectivity index (χ1v) is 5.48. The first-order valence-electron chi connectivity index (χ1n) is 5.10. The Balaban J connectivity index is 2.90. The van der Waals surface area contributed by atoms with Crippen LogP contribution in [0.5, 0.6) is 0 Å². The van der Waals surface area contributed by atoms with Crippen LogP contribution in [0.15, 0.2) is 23.2 Å². The minimum absolute atomic E-state index is 0.165. The van der Waals surface area contributed by atoms with Crippen LogP contribution in [0.1, 0.15) is 19.4 Å². The zero-order chi connectivity index (χ0) is 12.1. The van der Waals surface area contributed by atoms with Gasteiger partial charge in [0.25, 0.3) is 0 Å². The van der Waals surface area contributed by atoms with Crippen LogP contribution in [0.3, 0.4) is 0 Å². The predicted molar refractivity (Wildman–Crippen MR) is 69.7 cm³/mol. The van der Waals surface area contributed by atoms with Gasteiger partial charge in [0, 0.05) is 16.8 Å². The molecule has 0 heterocycles. The van der Waals surface area contributed by atoms with Crippen molar-refractivity contribution >= 4 is 23.2 Å². The lowest BCUT2D eigenvalue weighted by molar-refractivity contribution is 0.819. The van der Waals surface area contributed by atoms with E-state index in [1.54, 1.807) is 0 Å². The van der Waals surface area contributed by atoms with E-state index in [1.807, 2.05) is 39.0 Å². The van der Waals surface area contributed by atoms with Gasteiger partial charge in [-0.2, -0.15) is 0 Å². The highest BCUT2D eigenvalue weighted by Crippen LogP contribution is 2.19. The van der Waals surface area contributed by atoms with Gasteiger partial charge in [-0.05, 0) is 38.5 Å². The molecule has 0 radical (unpaired) electrons. The highest BCUT2D eigenvalue weighted by atomic mass is 35.5. The molecule has 0 aliphatic rings. The summed E-state index contributed by atoms with van der Waals surface area (Å²) < 4.78 is 0. The van der Waals surface area contributed by atoms with Crippen molar-refractivity contribution in [2.24, 2.45) is 10.8 Å². The fourth-order valence-electron chi connectivity index (χ4n) is 1.22. The molecule has 16 heavy (non-hydrogen) atoms. The van der Waals surface area contributed by atoms with E-state index in [2.05, 4.69) is 15.7 Å². The molecular weight excluding hydrogens is 224 g/mol. The van der Waals surface area contributed by atoms with Crippen LogP contribution in [0.25, 0.3) is 0 Å². The van der Waals surface area contributed by atoms with E-state index in [1.165, 1.54) is 0 Å². The van der Waals surface area contributed by atoms with Gasteiger partial charge >= 0.3 is 0 Å². The van der Waals surface area contributed by atoms with Gasteiger partial charge in [0.1, 0.15) is 0 Å². The Labute approximate surface area is 101 Å². The number of nitrogens with one attached hydrogen (secondary N) is 2. The predicted octanol–water partition coefficient (Wildman–Crippen LogP) is 2.29. The zero-order valence-corrected chi connectivity index (χ0v) is 10.5. The van der Waals surface area contributed by atoms with E-state index >= 15 is 0 Å². The third kappa shape index (κ3) is 3.72. The maximum atomic E-state index is 5.92. The summed E-state index contributed by atoms with van der Waals surface area (Å²) >= 11 is 5.92. The number of hydrazine groups is 1. The standard InChI is InChI=1S/C11H17ClN4/c1-7(2)14-11(16-13)15-10-6-9(12)5-4-8(10)3/h4-7H,13H2,1-3H3,(H2,14,15,16). The van der Waals surface area contributed by atoms with E-state index in [4.69, 9.17) is 17.4 Å². The van der Waals surface area contributed by atoms with Gasteiger partial charge < -0.3 is 5.32 Å². The van der Waals surface area contributed by atoms with Crippen molar-refractivity contribution in [3.63, 3.8) is 0 Å². The molecule has 0 amide bonds. The number of guanidine groups is 1. The fraction of sp³-hybridized carbons (Fsp3) is 0.364. The first kappa shape index (κ1) is 12.8. The number of halogens is 1. The van der Waals surface area contributed by atoms with Crippen molar-refractivity contribution in [2.45, 2.75) is 26.8 Å². The molecule has 0 aromatic heterocycles. The lowest BCUT2D eigenvalue weighted by Gasteiger charge is -2.12. The first-order chi connectivity index (χ1) is 7.52. The Morgan fingerprint density at radius 2 is 2.12 bits per heavy atom. The molecular formula is C11H17ClN4. The molecule has 5 heteroatoms.